The number of carboxylic acid groups (broad SMARTS) is 1. The Kier molecular flexibility index (Phi) is 8.40. The van der Waals surface area contributed by atoms with Crippen LogP contribution in [0.15, 0.2) is 72.8 Å². The minimum atomic E-state index is -1.02. The molecular weight excluding hydrogens is 568 g/mol. The number of nitrogens with one attached hydrogen (secondary N) is 1. The van der Waals surface area contributed by atoms with E-state index in [1.807, 2.05) is 12.1 Å². The summed E-state index contributed by atoms with van der Waals surface area (Å²) in [6.45, 7) is 5.81. The van der Waals surface area contributed by atoms with Crippen LogP contribution in [-0.2, 0) is 16.0 Å². The lowest BCUT2D eigenvalue weighted by atomic mass is 10.0. The largest absolute Gasteiger partial charge is 0.478 e. The predicted octanol–water partition coefficient (Wildman–Crippen LogP) is 6.59. The number of rotatable bonds is 11. The molecule has 0 spiro atoms. The molecule has 1 aliphatic heterocycles. The van der Waals surface area contributed by atoms with Gasteiger partial charge >= 0.3 is 12.0 Å². The zero-order chi connectivity index (χ0) is 29.9. The molecule has 220 valence electrons. The number of hydrogen-bond acceptors (Lipinski definition) is 7. The Morgan fingerprint density at radius 2 is 1.67 bits per heavy atom. The van der Waals surface area contributed by atoms with Gasteiger partial charge in [-0.25, -0.2) is 9.78 Å². The molecule has 0 amide bonds. The number of methoxy groups -OCH3 is 1. The van der Waals surface area contributed by atoms with E-state index in [0.717, 1.165) is 36.3 Å². The van der Waals surface area contributed by atoms with Gasteiger partial charge < -0.3 is 24.3 Å². The summed E-state index contributed by atoms with van der Waals surface area (Å²) >= 11 is 6.62. The van der Waals surface area contributed by atoms with Crippen LogP contribution in [0.3, 0.4) is 0 Å². The van der Waals surface area contributed by atoms with Crippen molar-refractivity contribution in [1.29, 1.82) is 0 Å². The smallest absolute Gasteiger partial charge is 0.336 e. The van der Waals surface area contributed by atoms with Gasteiger partial charge in [-0.2, -0.15) is 4.98 Å². The second-order valence-electron chi connectivity index (χ2n) is 10.6. The van der Waals surface area contributed by atoms with Crippen molar-refractivity contribution in [3.05, 3.63) is 94.5 Å². The molecule has 0 saturated carbocycles. The summed E-state index contributed by atoms with van der Waals surface area (Å²) in [6, 6.07) is 23.5. The molecule has 9 nitrogen and oxygen atoms in total. The van der Waals surface area contributed by atoms with Crippen molar-refractivity contribution in [2.24, 2.45) is 0 Å². The molecule has 10 heteroatoms. The maximum atomic E-state index is 11.5. The maximum Gasteiger partial charge on any atom is 0.336 e. The van der Waals surface area contributed by atoms with E-state index < -0.39 is 5.97 Å². The van der Waals surface area contributed by atoms with Gasteiger partial charge in [-0.05, 0) is 47.4 Å². The van der Waals surface area contributed by atoms with Gasteiger partial charge in [0.15, 0.2) is 5.65 Å². The minimum Gasteiger partial charge on any atom is -0.478 e. The Labute approximate surface area is 254 Å². The molecule has 6 rings (SSSR count). The second-order valence-corrected chi connectivity index (χ2v) is 11.0. The SMILES string of the molecule is COCCOC1CN(Cc2ccc(-c3ccc(-c4nc5nc(Oc6ccc(C)c(C(=O)O)c6)[nH]c5cc4Cl)cc3)cc2)C1. The van der Waals surface area contributed by atoms with Crippen LogP contribution < -0.4 is 4.74 Å². The number of carbonyl (C=O) groups is 1. The number of fused-ring (bicyclic) bond motifs is 1. The lowest BCUT2D eigenvalue weighted by Gasteiger charge is -2.38. The number of likely N-dealkylation sites (tertiary alicyclic amines) is 1. The molecule has 0 unspecified atom stereocenters. The van der Waals surface area contributed by atoms with E-state index >= 15 is 0 Å². The van der Waals surface area contributed by atoms with Gasteiger partial charge in [0.1, 0.15) is 5.75 Å². The zero-order valence-corrected chi connectivity index (χ0v) is 24.6. The Morgan fingerprint density at radius 1 is 0.977 bits per heavy atom. The quantitative estimate of drug-likeness (QED) is 0.164. The van der Waals surface area contributed by atoms with Crippen molar-refractivity contribution in [1.82, 2.24) is 19.9 Å². The molecule has 0 atom stereocenters. The van der Waals surface area contributed by atoms with E-state index in [0.29, 0.717) is 52.5 Å². The number of benzene rings is 3. The van der Waals surface area contributed by atoms with E-state index in [9.17, 15) is 9.90 Å². The summed E-state index contributed by atoms with van der Waals surface area (Å²) in [4.78, 5) is 26.0. The normalized spacial score (nSPS) is 13.7. The number of H-pyrrole nitrogens is 1. The summed E-state index contributed by atoms with van der Waals surface area (Å²) < 4.78 is 16.6. The van der Waals surface area contributed by atoms with E-state index in [1.54, 1.807) is 32.2 Å². The molecule has 0 bridgehead atoms. The molecule has 3 heterocycles. The Morgan fingerprint density at radius 3 is 2.37 bits per heavy atom. The first-order valence-corrected chi connectivity index (χ1v) is 14.3. The van der Waals surface area contributed by atoms with Crippen molar-refractivity contribution >= 4 is 28.7 Å². The van der Waals surface area contributed by atoms with Gasteiger partial charge in [-0.15, -0.1) is 0 Å². The van der Waals surface area contributed by atoms with Crippen LogP contribution in [0.4, 0.5) is 0 Å². The highest BCUT2D eigenvalue weighted by atomic mass is 35.5. The summed E-state index contributed by atoms with van der Waals surface area (Å²) in [7, 11) is 1.69. The number of pyridine rings is 1. The molecule has 3 aromatic carbocycles. The summed E-state index contributed by atoms with van der Waals surface area (Å²) in [5.41, 5.74) is 6.83. The summed E-state index contributed by atoms with van der Waals surface area (Å²) in [5.74, 6) is -0.663. The fourth-order valence-corrected chi connectivity index (χ4v) is 5.35. The van der Waals surface area contributed by atoms with E-state index in [4.69, 9.17) is 25.8 Å². The standard InChI is InChI=1S/C33H31ClN4O5/c1-20-3-12-25(15-27(20)32(39)40)43-33-35-29-16-28(34)30(36-31(29)37-33)24-10-8-23(9-11-24)22-6-4-21(5-7-22)17-38-18-26(19-38)42-14-13-41-2/h3-12,15-16,26H,13-14,17-19H2,1-2H3,(H,39,40)(H,35,36,37). The van der Waals surface area contributed by atoms with Crippen molar-refractivity contribution < 1.29 is 24.1 Å². The average Bonchev–Trinajstić information content (AvgIpc) is 3.37. The van der Waals surface area contributed by atoms with Gasteiger partial charge in [-0.3, -0.25) is 4.90 Å². The number of ether oxygens (including phenoxy) is 3. The predicted molar refractivity (Wildman–Crippen MR) is 165 cm³/mol. The lowest BCUT2D eigenvalue weighted by molar-refractivity contribution is -0.0698. The maximum absolute atomic E-state index is 11.5. The third-order valence-electron chi connectivity index (χ3n) is 7.48. The number of aromatic amines is 1. The third kappa shape index (κ3) is 6.55. The highest BCUT2D eigenvalue weighted by Gasteiger charge is 2.27. The van der Waals surface area contributed by atoms with Gasteiger partial charge in [0.2, 0.25) is 0 Å². The van der Waals surface area contributed by atoms with Crippen LogP contribution in [0.1, 0.15) is 21.5 Å². The van der Waals surface area contributed by atoms with Crippen molar-refractivity contribution in [2.75, 3.05) is 33.4 Å². The van der Waals surface area contributed by atoms with Crippen LogP contribution in [-0.4, -0.2) is 70.4 Å². The van der Waals surface area contributed by atoms with Crippen molar-refractivity contribution in [3.63, 3.8) is 0 Å². The zero-order valence-electron chi connectivity index (χ0n) is 23.8. The monoisotopic (exact) mass is 598 g/mol. The molecule has 1 saturated heterocycles. The molecule has 43 heavy (non-hydrogen) atoms. The van der Waals surface area contributed by atoms with Crippen molar-refractivity contribution in [3.8, 4) is 34.1 Å². The molecule has 1 fully saturated rings. The molecule has 2 aromatic heterocycles. The third-order valence-corrected chi connectivity index (χ3v) is 7.76. The number of nitrogens with zero attached hydrogens (tertiary/aromatic N) is 3. The van der Waals surface area contributed by atoms with Gasteiger partial charge in [0, 0.05) is 32.3 Å². The Balaban J connectivity index is 1.11. The van der Waals surface area contributed by atoms with E-state index in [-0.39, 0.29) is 11.6 Å². The van der Waals surface area contributed by atoms with Crippen LogP contribution in [0.5, 0.6) is 11.8 Å². The fraction of sp³-hybridized carbons (Fsp3) is 0.242. The van der Waals surface area contributed by atoms with Crippen LogP contribution in [0, 0.1) is 6.92 Å². The first kappa shape index (κ1) is 28.8. The molecule has 2 N–H and O–H groups in total. The number of hydrogen-bond donors (Lipinski definition) is 2. The summed E-state index contributed by atoms with van der Waals surface area (Å²) in [5, 5.41) is 9.87. The lowest BCUT2D eigenvalue weighted by Crippen LogP contribution is -2.51. The highest BCUT2D eigenvalue weighted by Crippen LogP contribution is 2.32. The van der Waals surface area contributed by atoms with Gasteiger partial charge in [0.25, 0.3) is 0 Å². The van der Waals surface area contributed by atoms with E-state index in [1.165, 1.54) is 11.6 Å². The second kappa shape index (κ2) is 12.5. The minimum absolute atomic E-state index is 0.168. The number of imidazole rings is 1. The topological polar surface area (TPSA) is 110 Å². The highest BCUT2D eigenvalue weighted by molar-refractivity contribution is 6.33. The van der Waals surface area contributed by atoms with Gasteiger partial charge in [-0.1, -0.05) is 66.2 Å². The Bertz CT molecular complexity index is 1750. The first-order chi connectivity index (χ1) is 20.9. The van der Waals surface area contributed by atoms with E-state index in [2.05, 4.69) is 56.3 Å². The summed E-state index contributed by atoms with van der Waals surface area (Å²) in [6.07, 6.45) is 0.299. The van der Waals surface area contributed by atoms with Crippen LogP contribution in [0.2, 0.25) is 5.02 Å². The fourth-order valence-electron chi connectivity index (χ4n) is 5.09. The van der Waals surface area contributed by atoms with Crippen molar-refractivity contribution in [2.45, 2.75) is 19.6 Å². The molecule has 5 aromatic rings. The van der Waals surface area contributed by atoms with Crippen LogP contribution >= 0.6 is 11.6 Å². The molecule has 0 radical (unpaired) electrons. The number of aromatic carboxylic acids is 1. The molecular formula is C33H31ClN4O5. The number of carboxylic acids is 1. The Hall–Kier alpha value is -4.28. The number of aromatic nitrogens is 3. The number of aryl methyl sites for hydroxylation is 1. The molecule has 0 aliphatic carbocycles. The van der Waals surface area contributed by atoms with Crippen LogP contribution in [0.25, 0.3) is 33.5 Å². The number of halogens is 1. The molecule has 1 aliphatic rings. The van der Waals surface area contributed by atoms with Gasteiger partial charge in [0.05, 0.1) is 41.1 Å². The average molecular weight is 599 g/mol. The first-order valence-electron chi connectivity index (χ1n) is 14.0.